The first-order valence-electron chi connectivity index (χ1n) is 5.54. The van der Waals surface area contributed by atoms with Crippen molar-refractivity contribution in [3.05, 3.63) is 34.9 Å². The minimum absolute atomic E-state index is 0.0346. The summed E-state index contributed by atoms with van der Waals surface area (Å²) in [6.45, 7) is -0.806. The molecule has 0 aliphatic carbocycles. The summed E-state index contributed by atoms with van der Waals surface area (Å²) >= 11 is 5.32. The van der Waals surface area contributed by atoms with E-state index in [1.165, 1.54) is 6.92 Å². The lowest BCUT2D eigenvalue weighted by Gasteiger charge is -2.23. The Labute approximate surface area is 117 Å². The summed E-state index contributed by atoms with van der Waals surface area (Å²) in [5, 5.41) is 0. The van der Waals surface area contributed by atoms with Gasteiger partial charge in [0.25, 0.3) is 5.91 Å². The smallest absolute Gasteiger partial charge is 0.328 e. The summed E-state index contributed by atoms with van der Waals surface area (Å²) in [4.78, 5) is 12.2. The van der Waals surface area contributed by atoms with Gasteiger partial charge in [-0.3, -0.25) is 4.79 Å². The number of rotatable bonds is 4. The topological polar surface area (TPSA) is 20.3 Å². The van der Waals surface area contributed by atoms with E-state index in [9.17, 15) is 26.7 Å². The van der Waals surface area contributed by atoms with Gasteiger partial charge in [0.1, 0.15) is 23.7 Å². The maximum Gasteiger partial charge on any atom is 0.406 e. The quantitative estimate of drug-likeness (QED) is 0.615. The number of halogens is 6. The van der Waals surface area contributed by atoms with Gasteiger partial charge in [-0.05, 0) is 18.6 Å². The number of hydrogen-bond acceptors (Lipinski definition) is 1. The number of benzene rings is 1. The molecular weight excluding hydrogens is 305 g/mol. The molecule has 0 heterocycles. The summed E-state index contributed by atoms with van der Waals surface area (Å²) < 4.78 is 64.3. The third kappa shape index (κ3) is 4.06. The Hall–Kier alpha value is -1.37. The molecule has 1 rings (SSSR count). The van der Waals surface area contributed by atoms with Gasteiger partial charge < -0.3 is 4.90 Å². The van der Waals surface area contributed by atoms with E-state index in [4.69, 9.17) is 11.6 Å². The second-order valence-electron chi connectivity index (χ2n) is 4.08. The van der Waals surface area contributed by atoms with Crippen LogP contribution in [0.4, 0.5) is 22.0 Å². The molecular formula is C12H11ClF5NO. The molecule has 0 radical (unpaired) electrons. The number of carbonyl (C=O) groups is 1. The molecule has 0 saturated heterocycles. The molecule has 0 bridgehead atoms. The predicted octanol–water partition coefficient (Wildman–Crippen LogP) is 3.52. The van der Waals surface area contributed by atoms with Gasteiger partial charge in [0.05, 0.1) is 0 Å². The molecule has 0 aliphatic heterocycles. The van der Waals surface area contributed by atoms with Crippen LogP contribution in [0.2, 0.25) is 0 Å². The molecule has 112 valence electrons. The molecule has 8 heteroatoms. The van der Waals surface area contributed by atoms with E-state index in [0.717, 1.165) is 12.1 Å². The van der Waals surface area contributed by atoms with Gasteiger partial charge in [-0.25, -0.2) is 8.78 Å². The van der Waals surface area contributed by atoms with Crippen LogP contribution in [0.15, 0.2) is 12.1 Å². The Bertz CT molecular complexity index is 503. The first-order chi connectivity index (χ1) is 9.17. The second-order valence-corrected chi connectivity index (χ2v) is 4.46. The van der Waals surface area contributed by atoms with Crippen LogP contribution in [0.1, 0.15) is 15.9 Å². The fraction of sp³-hybridized carbons (Fsp3) is 0.417. The van der Waals surface area contributed by atoms with E-state index in [2.05, 4.69) is 0 Å². The summed E-state index contributed by atoms with van der Waals surface area (Å²) in [6.07, 6.45) is -4.68. The first kappa shape index (κ1) is 16.7. The molecule has 0 saturated carbocycles. The van der Waals surface area contributed by atoms with Crippen LogP contribution in [-0.4, -0.2) is 36.0 Å². The van der Waals surface area contributed by atoms with Gasteiger partial charge in [-0.15, -0.1) is 11.6 Å². The average molecular weight is 316 g/mol. The van der Waals surface area contributed by atoms with Crippen molar-refractivity contribution in [3.8, 4) is 0 Å². The second kappa shape index (κ2) is 6.39. The Morgan fingerprint density at radius 2 is 1.90 bits per heavy atom. The summed E-state index contributed by atoms with van der Waals surface area (Å²) in [7, 11) is 0. The van der Waals surface area contributed by atoms with Crippen LogP contribution >= 0.6 is 11.6 Å². The fourth-order valence-electron chi connectivity index (χ4n) is 1.58. The minimum Gasteiger partial charge on any atom is -0.328 e. The molecule has 0 aliphatic rings. The minimum atomic E-state index is -4.68. The van der Waals surface area contributed by atoms with Crippen LogP contribution in [-0.2, 0) is 0 Å². The van der Waals surface area contributed by atoms with E-state index >= 15 is 0 Å². The Balaban J connectivity index is 3.16. The predicted molar refractivity (Wildman–Crippen MR) is 63.8 cm³/mol. The Kier molecular flexibility index (Phi) is 5.33. The number of hydrogen-bond donors (Lipinski definition) is 0. The lowest BCUT2D eigenvalue weighted by Crippen LogP contribution is -2.41. The number of amides is 1. The van der Waals surface area contributed by atoms with E-state index < -0.39 is 42.4 Å². The molecule has 2 nitrogen and oxygen atoms in total. The molecule has 0 unspecified atom stereocenters. The van der Waals surface area contributed by atoms with Gasteiger partial charge >= 0.3 is 6.18 Å². The summed E-state index contributed by atoms with van der Waals surface area (Å²) in [5.41, 5.74) is -1.04. The number of nitrogens with zero attached hydrogens (tertiary/aromatic N) is 1. The van der Waals surface area contributed by atoms with Crippen LogP contribution in [0.3, 0.4) is 0 Å². The average Bonchev–Trinajstić information content (AvgIpc) is 2.32. The fourth-order valence-corrected chi connectivity index (χ4v) is 1.79. The van der Waals surface area contributed by atoms with Crippen molar-refractivity contribution in [1.82, 2.24) is 4.90 Å². The summed E-state index contributed by atoms with van der Waals surface area (Å²) in [5.74, 6) is -4.03. The van der Waals surface area contributed by atoms with Crippen molar-refractivity contribution in [1.29, 1.82) is 0 Å². The van der Waals surface area contributed by atoms with Gasteiger partial charge in [-0.2, -0.15) is 13.2 Å². The van der Waals surface area contributed by atoms with Crippen molar-refractivity contribution < 1.29 is 26.7 Å². The van der Waals surface area contributed by atoms with E-state index in [-0.39, 0.29) is 16.3 Å². The third-order valence-electron chi connectivity index (χ3n) is 2.51. The zero-order chi connectivity index (χ0) is 15.5. The van der Waals surface area contributed by atoms with Crippen molar-refractivity contribution in [2.75, 3.05) is 19.0 Å². The maximum absolute atomic E-state index is 13.7. The molecule has 0 N–H and O–H groups in total. The van der Waals surface area contributed by atoms with Gasteiger partial charge in [0.2, 0.25) is 0 Å². The van der Waals surface area contributed by atoms with Crippen LogP contribution in [0, 0.1) is 18.6 Å². The highest BCUT2D eigenvalue weighted by atomic mass is 35.5. The van der Waals surface area contributed by atoms with Crippen molar-refractivity contribution in [3.63, 3.8) is 0 Å². The van der Waals surface area contributed by atoms with E-state index in [1.54, 1.807) is 0 Å². The SMILES string of the molecule is Cc1ccc(F)c(C(=O)N(CCCl)CC(F)(F)F)c1F. The Morgan fingerprint density at radius 1 is 1.30 bits per heavy atom. The van der Waals surface area contributed by atoms with Crippen LogP contribution < -0.4 is 0 Å². The van der Waals surface area contributed by atoms with E-state index in [0.29, 0.717) is 0 Å². The lowest BCUT2D eigenvalue weighted by molar-refractivity contribution is -0.140. The van der Waals surface area contributed by atoms with Gasteiger partial charge in [0, 0.05) is 12.4 Å². The monoisotopic (exact) mass is 315 g/mol. The first-order valence-corrected chi connectivity index (χ1v) is 6.07. The molecule has 1 amide bonds. The number of alkyl halides is 4. The standard InChI is InChI=1S/C12H11ClF5NO/c1-7-2-3-8(14)9(10(7)15)11(20)19(5-4-13)6-12(16,17)18/h2-3H,4-6H2,1H3. The summed E-state index contributed by atoms with van der Waals surface area (Å²) in [6, 6.07) is 1.93. The molecule has 0 spiro atoms. The highest BCUT2D eigenvalue weighted by Crippen LogP contribution is 2.22. The van der Waals surface area contributed by atoms with Crippen LogP contribution in [0.5, 0.6) is 0 Å². The normalized spacial score (nSPS) is 11.6. The van der Waals surface area contributed by atoms with Crippen LogP contribution in [0.25, 0.3) is 0 Å². The zero-order valence-electron chi connectivity index (χ0n) is 10.4. The Morgan fingerprint density at radius 3 is 2.40 bits per heavy atom. The zero-order valence-corrected chi connectivity index (χ0v) is 11.2. The number of aryl methyl sites for hydroxylation is 1. The highest BCUT2D eigenvalue weighted by Gasteiger charge is 2.34. The largest absolute Gasteiger partial charge is 0.406 e. The van der Waals surface area contributed by atoms with Crippen molar-refractivity contribution >= 4 is 17.5 Å². The molecule has 1 aromatic rings. The molecule has 1 aromatic carbocycles. The van der Waals surface area contributed by atoms with Gasteiger partial charge in [-0.1, -0.05) is 6.07 Å². The number of carbonyl (C=O) groups excluding carboxylic acids is 1. The van der Waals surface area contributed by atoms with Crippen molar-refractivity contribution in [2.45, 2.75) is 13.1 Å². The highest BCUT2D eigenvalue weighted by molar-refractivity contribution is 6.18. The van der Waals surface area contributed by atoms with Gasteiger partial charge in [0.15, 0.2) is 0 Å². The van der Waals surface area contributed by atoms with E-state index in [1.807, 2.05) is 0 Å². The lowest BCUT2D eigenvalue weighted by atomic mass is 10.1. The molecule has 0 atom stereocenters. The molecule has 0 aromatic heterocycles. The third-order valence-corrected chi connectivity index (χ3v) is 2.68. The maximum atomic E-state index is 13.7. The van der Waals surface area contributed by atoms with Crippen molar-refractivity contribution in [2.24, 2.45) is 0 Å². The molecule has 20 heavy (non-hydrogen) atoms. The molecule has 0 fully saturated rings.